The Kier molecular flexibility index (Phi) is 5.33. The van der Waals surface area contributed by atoms with Crippen molar-refractivity contribution < 1.29 is 9.94 Å². The van der Waals surface area contributed by atoms with Crippen molar-refractivity contribution in [2.24, 2.45) is 5.73 Å². The second kappa shape index (κ2) is 7.83. The van der Waals surface area contributed by atoms with Crippen molar-refractivity contribution in [3.8, 4) is 16.9 Å². The van der Waals surface area contributed by atoms with Crippen LogP contribution in [0.3, 0.4) is 0 Å². The van der Waals surface area contributed by atoms with Gasteiger partial charge in [-0.2, -0.15) is 0 Å². The zero-order chi connectivity index (χ0) is 17.6. The van der Waals surface area contributed by atoms with Gasteiger partial charge in [-0.15, -0.1) is 0 Å². The first kappa shape index (κ1) is 17.0. The van der Waals surface area contributed by atoms with E-state index in [9.17, 15) is 0 Å². The van der Waals surface area contributed by atoms with Gasteiger partial charge in [0.15, 0.2) is 0 Å². The van der Waals surface area contributed by atoms with E-state index in [-0.39, 0.29) is 0 Å². The van der Waals surface area contributed by atoms with Crippen LogP contribution in [0, 0.1) is 0 Å². The lowest BCUT2D eigenvalue weighted by Crippen LogP contribution is -1.98. The summed E-state index contributed by atoms with van der Waals surface area (Å²) in [5.41, 5.74) is 14.1. The summed E-state index contributed by atoms with van der Waals surface area (Å²) in [6.45, 7) is 0.544. The fourth-order valence-corrected chi connectivity index (χ4v) is 2.95. The lowest BCUT2D eigenvalue weighted by atomic mass is 9.97. The molecule has 4 N–H and O–H groups in total. The van der Waals surface area contributed by atoms with Crippen LogP contribution in [-0.4, -0.2) is 12.3 Å². The number of nitrogens with one attached hydrogen (secondary N) is 1. The van der Waals surface area contributed by atoms with Gasteiger partial charge in [-0.05, 0) is 52.9 Å². The molecule has 0 fully saturated rings. The van der Waals surface area contributed by atoms with Crippen molar-refractivity contribution in [1.29, 1.82) is 0 Å². The van der Waals surface area contributed by atoms with Crippen molar-refractivity contribution in [2.45, 2.75) is 13.0 Å². The highest BCUT2D eigenvalue weighted by molar-refractivity contribution is 5.74. The second-order valence-electron chi connectivity index (χ2n) is 5.93. The normalized spacial score (nSPS) is 10.5. The molecule has 25 heavy (non-hydrogen) atoms. The van der Waals surface area contributed by atoms with Gasteiger partial charge in [0, 0.05) is 12.1 Å². The molecule has 0 unspecified atom stereocenters. The molecule has 3 aromatic carbocycles. The van der Waals surface area contributed by atoms with Gasteiger partial charge in [-0.25, -0.2) is 0 Å². The van der Waals surface area contributed by atoms with E-state index < -0.39 is 0 Å². The molecule has 128 valence electrons. The molecule has 0 aliphatic carbocycles. The summed E-state index contributed by atoms with van der Waals surface area (Å²) in [5, 5.41) is 9.14. The first-order valence-electron chi connectivity index (χ1n) is 8.19. The average molecular weight is 334 g/mol. The van der Waals surface area contributed by atoms with Crippen LogP contribution in [0.15, 0.2) is 66.7 Å². The van der Waals surface area contributed by atoms with Gasteiger partial charge >= 0.3 is 0 Å². The molecule has 0 amide bonds. The van der Waals surface area contributed by atoms with Crippen LogP contribution in [0.1, 0.15) is 16.7 Å². The van der Waals surface area contributed by atoms with Gasteiger partial charge in [0.25, 0.3) is 0 Å². The maximum Gasteiger partial charge on any atom is 0.126 e. The molecule has 0 radical (unpaired) electrons. The predicted molar refractivity (Wildman–Crippen MR) is 101 cm³/mol. The van der Waals surface area contributed by atoms with Crippen LogP contribution in [0.5, 0.6) is 5.75 Å². The Balaban J connectivity index is 1.96. The lowest BCUT2D eigenvalue weighted by molar-refractivity contribution is 0.389. The van der Waals surface area contributed by atoms with Gasteiger partial charge in [0.05, 0.1) is 12.8 Å². The van der Waals surface area contributed by atoms with E-state index in [0.717, 1.165) is 28.9 Å². The summed E-state index contributed by atoms with van der Waals surface area (Å²) in [7, 11) is 1.66. The number of rotatable bonds is 6. The van der Waals surface area contributed by atoms with Gasteiger partial charge in [0.1, 0.15) is 5.75 Å². The maximum atomic E-state index is 9.14. The van der Waals surface area contributed by atoms with Gasteiger partial charge in [-0.3, -0.25) is 10.7 Å². The third kappa shape index (κ3) is 3.99. The first-order valence-corrected chi connectivity index (χ1v) is 8.19. The van der Waals surface area contributed by atoms with Gasteiger partial charge in [-0.1, -0.05) is 42.5 Å². The molecular formula is C21H22N2O2. The highest BCUT2D eigenvalue weighted by Crippen LogP contribution is 2.33. The molecular weight excluding hydrogens is 312 g/mol. The van der Waals surface area contributed by atoms with E-state index in [0.29, 0.717) is 12.2 Å². The van der Waals surface area contributed by atoms with Crippen molar-refractivity contribution >= 4 is 5.69 Å². The van der Waals surface area contributed by atoms with Crippen molar-refractivity contribution in [1.82, 2.24) is 0 Å². The Morgan fingerprint density at radius 2 is 1.68 bits per heavy atom. The summed E-state index contributed by atoms with van der Waals surface area (Å²) >= 11 is 0. The Labute approximate surface area is 147 Å². The minimum Gasteiger partial charge on any atom is -0.496 e. The number of methoxy groups -OCH3 is 1. The number of anilines is 1. The highest BCUT2D eigenvalue weighted by Gasteiger charge is 2.09. The van der Waals surface area contributed by atoms with Gasteiger partial charge < -0.3 is 10.5 Å². The Hall–Kier alpha value is -2.82. The van der Waals surface area contributed by atoms with Crippen LogP contribution in [-0.2, 0) is 13.0 Å². The largest absolute Gasteiger partial charge is 0.496 e. The smallest absolute Gasteiger partial charge is 0.126 e. The van der Waals surface area contributed by atoms with E-state index in [2.05, 4.69) is 29.7 Å². The Morgan fingerprint density at radius 1 is 0.920 bits per heavy atom. The minimum atomic E-state index is 0.544. The zero-order valence-electron chi connectivity index (χ0n) is 14.2. The van der Waals surface area contributed by atoms with Crippen LogP contribution >= 0.6 is 0 Å². The molecule has 0 bridgehead atoms. The number of ether oxygens (including phenoxy) is 1. The summed E-state index contributed by atoms with van der Waals surface area (Å²) in [4.78, 5) is 0. The molecule has 4 heteroatoms. The van der Waals surface area contributed by atoms with Gasteiger partial charge in [0.2, 0.25) is 0 Å². The molecule has 0 saturated heterocycles. The summed E-state index contributed by atoms with van der Waals surface area (Å²) in [6, 6.07) is 22.1. The summed E-state index contributed by atoms with van der Waals surface area (Å²) in [6.07, 6.45) is 0.822. The maximum absolute atomic E-state index is 9.14. The molecule has 0 heterocycles. The van der Waals surface area contributed by atoms with E-state index in [1.54, 1.807) is 13.2 Å². The molecule has 0 saturated carbocycles. The molecule has 0 aliphatic rings. The monoisotopic (exact) mass is 334 g/mol. The van der Waals surface area contributed by atoms with Crippen molar-refractivity contribution in [2.75, 3.05) is 12.6 Å². The van der Waals surface area contributed by atoms with E-state index >= 15 is 0 Å². The Morgan fingerprint density at radius 3 is 2.44 bits per heavy atom. The van der Waals surface area contributed by atoms with E-state index in [1.807, 2.05) is 36.4 Å². The quantitative estimate of drug-likeness (QED) is 0.591. The standard InChI is InChI=1S/C21H22N2O2/c1-25-21-9-8-16(10-15-4-2-5-17(11-15)14-22)12-20(21)18-6-3-7-19(13-18)23-24/h2-9,11-13,23-24H,10,14,22H2,1H3. The minimum absolute atomic E-state index is 0.544. The Bertz CT molecular complexity index is 862. The number of benzene rings is 3. The third-order valence-corrected chi connectivity index (χ3v) is 4.20. The number of hydrogen-bond donors (Lipinski definition) is 3. The molecule has 3 aromatic rings. The van der Waals surface area contributed by atoms with E-state index in [4.69, 9.17) is 15.7 Å². The molecule has 0 aliphatic heterocycles. The lowest BCUT2D eigenvalue weighted by Gasteiger charge is -2.12. The topological polar surface area (TPSA) is 67.5 Å². The average Bonchev–Trinajstić information content (AvgIpc) is 2.68. The van der Waals surface area contributed by atoms with Crippen LogP contribution < -0.4 is 16.0 Å². The SMILES string of the molecule is COc1ccc(Cc2cccc(CN)c2)cc1-c1cccc(NO)c1. The second-order valence-corrected chi connectivity index (χ2v) is 5.93. The first-order chi connectivity index (χ1) is 12.2. The third-order valence-electron chi connectivity index (χ3n) is 4.20. The highest BCUT2D eigenvalue weighted by atomic mass is 16.5. The van der Waals surface area contributed by atoms with Crippen LogP contribution in [0.4, 0.5) is 5.69 Å². The zero-order valence-corrected chi connectivity index (χ0v) is 14.2. The molecule has 3 rings (SSSR count). The predicted octanol–water partition coefficient (Wildman–Crippen LogP) is 4.21. The number of nitrogens with two attached hydrogens (primary N) is 1. The molecule has 4 nitrogen and oxygen atoms in total. The number of hydrogen-bond acceptors (Lipinski definition) is 4. The van der Waals surface area contributed by atoms with Crippen molar-refractivity contribution in [3.05, 3.63) is 83.4 Å². The molecule has 0 spiro atoms. The fraction of sp³-hybridized carbons (Fsp3) is 0.143. The fourth-order valence-electron chi connectivity index (χ4n) is 2.95. The van der Waals surface area contributed by atoms with E-state index in [1.165, 1.54) is 11.1 Å². The summed E-state index contributed by atoms with van der Waals surface area (Å²) in [5.74, 6) is 0.801. The van der Waals surface area contributed by atoms with Crippen molar-refractivity contribution in [3.63, 3.8) is 0 Å². The summed E-state index contributed by atoms with van der Waals surface area (Å²) < 4.78 is 5.52. The van der Waals surface area contributed by atoms with Crippen LogP contribution in [0.2, 0.25) is 0 Å². The van der Waals surface area contributed by atoms with Crippen LogP contribution in [0.25, 0.3) is 11.1 Å². The molecule has 0 aromatic heterocycles. The molecule has 0 atom stereocenters.